The van der Waals surface area contributed by atoms with Gasteiger partial charge < -0.3 is 10.6 Å². The van der Waals surface area contributed by atoms with Crippen LogP contribution < -0.4 is 10.6 Å². The third kappa shape index (κ3) is 4.50. The van der Waals surface area contributed by atoms with Crippen LogP contribution >= 0.6 is 0 Å². The van der Waals surface area contributed by atoms with E-state index in [-0.39, 0.29) is 12.4 Å². The second-order valence-corrected chi connectivity index (χ2v) is 7.95. The highest BCUT2D eigenvalue weighted by Crippen LogP contribution is 2.29. The van der Waals surface area contributed by atoms with E-state index in [1.54, 1.807) is 19.1 Å². The van der Waals surface area contributed by atoms with Gasteiger partial charge in [-0.3, -0.25) is 14.5 Å². The van der Waals surface area contributed by atoms with Gasteiger partial charge in [-0.15, -0.1) is 0 Å². The van der Waals surface area contributed by atoms with E-state index in [0.717, 1.165) is 16.0 Å². The Bertz CT molecular complexity index is 941. The van der Waals surface area contributed by atoms with Gasteiger partial charge in [0.1, 0.15) is 17.9 Å². The Morgan fingerprint density at radius 3 is 2.33 bits per heavy atom. The molecule has 30 heavy (non-hydrogen) atoms. The summed E-state index contributed by atoms with van der Waals surface area (Å²) in [5.41, 5.74) is 1.48. The molecule has 2 aromatic rings. The molecule has 3 rings (SSSR count). The smallest absolute Gasteiger partial charge is 0.325 e. The molecule has 7 heteroatoms. The van der Waals surface area contributed by atoms with Crippen molar-refractivity contribution in [2.45, 2.75) is 38.6 Å². The lowest BCUT2D eigenvalue weighted by Gasteiger charge is -2.22. The minimum Gasteiger partial charge on any atom is -0.354 e. The number of nitrogens with zero attached hydrogens (tertiary/aromatic N) is 1. The Morgan fingerprint density at radius 2 is 1.73 bits per heavy atom. The summed E-state index contributed by atoms with van der Waals surface area (Å²) < 4.78 is 12.9. The summed E-state index contributed by atoms with van der Waals surface area (Å²) in [7, 11) is 0. The van der Waals surface area contributed by atoms with Gasteiger partial charge in [-0.2, -0.15) is 0 Å². The molecule has 0 unspecified atom stereocenters. The number of carbonyl (C=O) groups is 3. The second-order valence-electron chi connectivity index (χ2n) is 7.95. The molecular formula is C23H26FN3O3. The minimum absolute atomic E-state index is 0.316. The summed E-state index contributed by atoms with van der Waals surface area (Å²) in [6, 6.07) is 13.0. The van der Waals surface area contributed by atoms with Crippen molar-refractivity contribution < 1.29 is 18.8 Å². The van der Waals surface area contributed by atoms with Crippen LogP contribution in [-0.2, 0) is 21.5 Å². The van der Waals surface area contributed by atoms with Crippen LogP contribution in [0.3, 0.4) is 0 Å². The van der Waals surface area contributed by atoms with Crippen molar-refractivity contribution in [1.82, 2.24) is 15.5 Å². The van der Waals surface area contributed by atoms with E-state index in [9.17, 15) is 18.8 Å². The molecule has 1 heterocycles. The van der Waals surface area contributed by atoms with Gasteiger partial charge in [0.2, 0.25) is 5.91 Å². The quantitative estimate of drug-likeness (QED) is 0.688. The average molecular weight is 411 g/mol. The molecule has 1 saturated heterocycles. The molecule has 0 radical (unpaired) electrons. The largest absolute Gasteiger partial charge is 0.354 e. The van der Waals surface area contributed by atoms with Crippen molar-refractivity contribution in [3.63, 3.8) is 0 Å². The van der Waals surface area contributed by atoms with Gasteiger partial charge >= 0.3 is 6.03 Å². The van der Waals surface area contributed by atoms with E-state index in [2.05, 4.69) is 24.5 Å². The highest BCUT2D eigenvalue weighted by Gasteiger charge is 2.49. The second kappa shape index (κ2) is 8.65. The van der Waals surface area contributed by atoms with Gasteiger partial charge in [-0.1, -0.05) is 50.2 Å². The maximum atomic E-state index is 12.9. The molecule has 1 aliphatic heterocycles. The van der Waals surface area contributed by atoms with Crippen LogP contribution in [0.5, 0.6) is 0 Å². The number of hydrogen-bond acceptors (Lipinski definition) is 3. The zero-order valence-electron chi connectivity index (χ0n) is 17.4. The Balaban J connectivity index is 1.59. The first-order valence-corrected chi connectivity index (χ1v) is 9.96. The van der Waals surface area contributed by atoms with Crippen LogP contribution in [0.1, 0.15) is 43.4 Å². The molecule has 158 valence electrons. The highest BCUT2D eigenvalue weighted by atomic mass is 19.1. The lowest BCUT2D eigenvalue weighted by molar-refractivity contribution is -0.134. The van der Waals surface area contributed by atoms with Gasteiger partial charge in [0, 0.05) is 6.54 Å². The zero-order chi connectivity index (χ0) is 21.9. The first-order valence-electron chi connectivity index (χ1n) is 9.96. The van der Waals surface area contributed by atoms with E-state index < -0.39 is 23.4 Å². The molecule has 0 spiro atoms. The Hall–Kier alpha value is -3.22. The standard InChI is InChI=1S/C23H26FN3O3/c1-15(2)17-6-8-18(9-7-17)23(3)21(29)27(22(30)26-23)14-20(28)25-13-12-16-4-10-19(24)11-5-16/h4-11,15H,12-14H2,1-3H3,(H,25,28)(H,26,30)/t23-/m1/s1. The van der Waals surface area contributed by atoms with Crippen LogP contribution in [-0.4, -0.2) is 35.8 Å². The van der Waals surface area contributed by atoms with Gasteiger partial charge in [-0.05, 0) is 48.1 Å². The van der Waals surface area contributed by atoms with Crippen molar-refractivity contribution in [3.8, 4) is 0 Å². The summed E-state index contributed by atoms with van der Waals surface area (Å²) >= 11 is 0. The van der Waals surface area contributed by atoms with E-state index in [4.69, 9.17) is 0 Å². The number of hydrogen-bond donors (Lipinski definition) is 2. The van der Waals surface area contributed by atoms with Gasteiger partial charge in [0.15, 0.2) is 0 Å². The lowest BCUT2D eigenvalue weighted by atomic mass is 9.90. The molecule has 6 nitrogen and oxygen atoms in total. The van der Waals surface area contributed by atoms with Gasteiger partial charge in [0.25, 0.3) is 5.91 Å². The van der Waals surface area contributed by atoms with Crippen molar-refractivity contribution in [2.24, 2.45) is 0 Å². The summed E-state index contributed by atoms with van der Waals surface area (Å²) in [6.45, 7) is 5.77. The number of benzene rings is 2. The average Bonchev–Trinajstić information content (AvgIpc) is 2.93. The molecule has 1 fully saturated rings. The van der Waals surface area contributed by atoms with E-state index in [1.807, 2.05) is 24.3 Å². The van der Waals surface area contributed by atoms with Crippen molar-refractivity contribution >= 4 is 17.8 Å². The fourth-order valence-electron chi connectivity index (χ4n) is 3.43. The highest BCUT2D eigenvalue weighted by molar-refractivity contribution is 6.09. The predicted octanol–water partition coefficient (Wildman–Crippen LogP) is 3.08. The number of nitrogens with one attached hydrogen (secondary N) is 2. The van der Waals surface area contributed by atoms with Crippen LogP contribution in [0.25, 0.3) is 0 Å². The molecule has 1 atom stereocenters. The number of carbonyl (C=O) groups excluding carboxylic acids is 3. The number of imide groups is 1. The number of amides is 4. The lowest BCUT2D eigenvalue weighted by Crippen LogP contribution is -2.43. The fraction of sp³-hybridized carbons (Fsp3) is 0.348. The summed E-state index contributed by atoms with van der Waals surface area (Å²) in [6.07, 6.45) is 0.520. The molecule has 0 aromatic heterocycles. The molecule has 1 aliphatic rings. The third-order valence-corrected chi connectivity index (χ3v) is 5.38. The predicted molar refractivity (Wildman–Crippen MR) is 111 cm³/mol. The molecule has 0 saturated carbocycles. The van der Waals surface area contributed by atoms with E-state index >= 15 is 0 Å². The normalized spacial score (nSPS) is 18.6. The Kier molecular flexibility index (Phi) is 6.20. The topological polar surface area (TPSA) is 78.5 Å². The molecule has 2 aromatic carbocycles. The van der Waals surface area contributed by atoms with Crippen LogP contribution in [0.4, 0.5) is 9.18 Å². The monoisotopic (exact) mass is 411 g/mol. The summed E-state index contributed by atoms with van der Waals surface area (Å²) in [4.78, 5) is 38.5. The van der Waals surface area contributed by atoms with Crippen molar-refractivity contribution in [2.75, 3.05) is 13.1 Å². The fourth-order valence-corrected chi connectivity index (χ4v) is 3.43. The molecule has 0 aliphatic carbocycles. The first-order chi connectivity index (χ1) is 14.2. The number of urea groups is 1. The third-order valence-electron chi connectivity index (χ3n) is 5.38. The van der Waals surface area contributed by atoms with Crippen molar-refractivity contribution in [1.29, 1.82) is 0 Å². The molecule has 2 N–H and O–H groups in total. The Labute approximate surface area is 175 Å². The maximum Gasteiger partial charge on any atom is 0.325 e. The van der Waals surface area contributed by atoms with Crippen LogP contribution in [0, 0.1) is 5.82 Å². The maximum absolute atomic E-state index is 12.9. The summed E-state index contributed by atoms with van der Waals surface area (Å²) in [5, 5.41) is 5.40. The number of halogens is 1. The summed E-state index contributed by atoms with van der Waals surface area (Å²) in [5.74, 6) is -0.849. The van der Waals surface area contributed by atoms with E-state index in [1.165, 1.54) is 12.1 Å². The molecular weight excluding hydrogens is 385 g/mol. The van der Waals surface area contributed by atoms with Crippen molar-refractivity contribution in [3.05, 3.63) is 71.0 Å². The molecule has 4 amide bonds. The Morgan fingerprint density at radius 1 is 1.10 bits per heavy atom. The van der Waals surface area contributed by atoms with Crippen LogP contribution in [0.15, 0.2) is 48.5 Å². The van der Waals surface area contributed by atoms with E-state index in [0.29, 0.717) is 24.4 Å². The van der Waals surface area contributed by atoms with Crippen LogP contribution in [0.2, 0.25) is 0 Å². The SMILES string of the molecule is CC(C)c1ccc([C@@]2(C)NC(=O)N(CC(=O)NCCc3ccc(F)cc3)C2=O)cc1. The minimum atomic E-state index is -1.21. The molecule has 0 bridgehead atoms. The number of rotatable bonds is 7. The zero-order valence-corrected chi connectivity index (χ0v) is 17.4. The van der Waals surface area contributed by atoms with Gasteiger partial charge in [-0.25, -0.2) is 9.18 Å². The van der Waals surface area contributed by atoms with Gasteiger partial charge in [0.05, 0.1) is 0 Å². The first kappa shape index (κ1) is 21.5.